The molecule has 1 aliphatic rings. The van der Waals surface area contributed by atoms with Gasteiger partial charge in [0.05, 0.1) is 22.9 Å². The molecule has 0 unspecified atom stereocenters. The van der Waals surface area contributed by atoms with E-state index in [1.54, 1.807) is 18.4 Å². The molecular weight excluding hydrogens is 302 g/mol. The summed E-state index contributed by atoms with van der Waals surface area (Å²) in [6.07, 6.45) is 2.28. The summed E-state index contributed by atoms with van der Waals surface area (Å²) < 4.78 is 6.30. The fourth-order valence-corrected chi connectivity index (χ4v) is 4.10. The number of hydrogen-bond acceptors (Lipinski definition) is 4. The van der Waals surface area contributed by atoms with Crippen molar-refractivity contribution in [3.63, 3.8) is 0 Å². The Hall–Kier alpha value is -1.24. The zero-order chi connectivity index (χ0) is 14.7. The number of ether oxygens (including phenoxy) is 1. The number of methoxy groups -OCH3 is 1. The van der Waals surface area contributed by atoms with E-state index in [4.69, 9.17) is 21.9 Å². The van der Waals surface area contributed by atoms with Crippen LogP contribution in [-0.4, -0.2) is 41.8 Å². The Morgan fingerprint density at radius 1 is 1.52 bits per heavy atom. The van der Waals surface area contributed by atoms with Gasteiger partial charge in [0.2, 0.25) is 0 Å². The lowest BCUT2D eigenvalue weighted by Gasteiger charge is -2.26. The summed E-state index contributed by atoms with van der Waals surface area (Å²) in [5, 5.41) is 5.25. The molecule has 0 spiro atoms. The highest BCUT2D eigenvalue weighted by atomic mass is 32.1. The molecule has 2 aromatic rings. The Morgan fingerprint density at radius 2 is 2.38 bits per heavy atom. The highest BCUT2D eigenvalue weighted by Gasteiger charge is 2.30. The number of thiocarbonyl (C=S) groups is 1. The molecule has 1 atom stereocenters. The first-order valence-corrected chi connectivity index (χ1v) is 8.41. The lowest BCUT2D eigenvalue weighted by Crippen LogP contribution is -2.40. The number of aromatic nitrogens is 1. The maximum Gasteiger partial charge on any atom is 0.169 e. The molecule has 112 valence electrons. The van der Waals surface area contributed by atoms with Gasteiger partial charge in [-0.1, -0.05) is 12.1 Å². The molecule has 2 heterocycles. The number of thiazole rings is 1. The summed E-state index contributed by atoms with van der Waals surface area (Å²) in [6.45, 7) is 2.41. The van der Waals surface area contributed by atoms with E-state index in [2.05, 4.69) is 28.4 Å². The van der Waals surface area contributed by atoms with Crippen molar-refractivity contribution >= 4 is 38.9 Å². The quantitative estimate of drug-likeness (QED) is 0.692. The van der Waals surface area contributed by atoms with Gasteiger partial charge in [-0.15, -0.1) is 11.3 Å². The third-order valence-corrected chi connectivity index (χ3v) is 5.21. The molecule has 0 amide bonds. The lowest BCUT2D eigenvalue weighted by atomic mass is 10.2. The first-order valence-electron chi connectivity index (χ1n) is 7.18. The molecule has 4 nitrogen and oxygen atoms in total. The second-order valence-corrected chi connectivity index (χ2v) is 6.54. The average molecular weight is 321 g/mol. The van der Waals surface area contributed by atoms with Crippen molar-refractivity contribution in [3.05, 3.63) is 29.3 Å². The smallest absolute Gasteiger partial charge is 0.169 e. The highest BCUT2D eigenvalue weighted by molar-refractivity contribution is 7.80. The first kappa shape index (κ1) is 14.7. The zero-order valence-electron chi connectivity index (χ0n) is 12.0. The largest absolute Gasteiger partial charge is 0.383 e. The van der Waals surface area contributed by atoms with Crippen LogP contribution in [0.3, 0.4) is 0 Å². The summed E-state index contributed by atoms with van der Waals surface area (Å²) in [7, 11) is 1.70. The Kier molecular flexibility index (Phi) is 4.67. The number of likely N-dealkylation sites (tertiary alicyclic amines) is 1. The molecule has 1 saturated heterocycles. The van der Waals surface area contributed by atoms with E-state index in [1.807, 2.05) is 6.07 Å². The molecular formula is C15H19N3OS2. The van der Waals surface area contributed by atoms with Crippen molar-refractivity contribution in [2.75, 3.05) is 26.8 Å². The van der Waals surface area contributed by atoms with Crippen LogP contribution in [0, 0.1) is 0 Å². The predicted molar refractivity (Wildman–Crippen MR) is 90.8 cm³/mol. The first-order chi connectivity index (χ1) is 10.3. The topological polar surface area (TPSA) is 37.4 Å². The Bertz CT molecular complexity index is 595. The number of benzene rings is 1. The van der Waals surface area contributed by atoms with Crippen molar-refractivity contribution in [2.24, 2.45) is 0 Å². The van der Waals surface area contributed by atoms with Gasteiger partial charge in [-0.2, -0.15) is 0 Å². The number of nitrogens with one attached hydrogen (secondary N) is 1. The van der Waals surface area contributed by atoms with E-state index in [0.717, 1.165) is 36.6 Å². The molecule has 0 radical (unpaired) electrons. The van der Waals surface area contributed by atoms with Crippen LogP contribution in [0.2, 0.25) is 0 Å². The third kappa shape index (κ3) is 3.17. The molecule has 21 heavy (non-hydrogen) atoms. The van der Waals surface area contributed by atoms with E-state index in [0.29, 0.717) is 12.6 Å². The standard InChI is InChI=1S/C15H19N3OS2/c1-19-10-8-16-15(20)18-9-4-6-12(18)14-17-11-5-2-3-7-13(11)21-14/h2-3,5,7,12H,4,6,8-10H2,1H3,(H,16,20)/t12-/m0/s1. The fraction of sp³-hybridized carbons (Fsp3) is 0.467. The van der Waals surface area contributed by atoms with Gasteiger partial charge in [0.15, 0.2) is 5.11 Å². The van der Waals surface area contributed by atoms with Crippen LogP contribution < -0.4 is 5.32 Å². The molecule has 1 aromatic carbocycles. The van der Waals surface area contributed by atoms with Gasteiger partial charge in [0.25, 0.3) is 0 Å². The van der Waals surface area contributed by atoms with Crippen LogP contribution in [-0.2, 0) is 4.74 Å². The summed E-state index contributed by atoms with van der Waals surface area (Å²) in [5.41, 5.74) is 1.09. The van der Waals surface area contributed by atoms with Crippen molar-refractivity contribution in [2.45, 2.75) is 18.9 Å². The van der Waals surface area contributed by atoms with Crippen molar-refractivity contribution < 1.29 is 4.74 Å². The Balaban J connectivity index is 1.75. The van der Waals surface area contributed by atoms with Crippen molar-refractivity contribution in [1.29, 1.82) is 0 Å². The monoisotopic (exact) mass is 321 g/mol. The SMILES string of the molecule is COCCNC(=S)N1CCC[C@H]1c1nc2ccccc2s1. The van der Waals surface area contributed by atoms with Crippen LogP contribution in [0.4, 0.5) is 0 Å². The molecule has 3 rings (SSSR count). The second-order valence-electron chi connectivity index (χ2n) is 5.10. The van der Waals surface area contributed by atoms with Gasteiger partial charge in [0, 0.05) is 20.2 Å². The van der Waals surface area contributed by atoms with E-state index in [9.17, 15) is 0 Å². The normalized spacial score (nSPS) is 18.3. The van der Waals surface area contributed by atoms with Crippen LogP contribution in [0.5, 0.6) is 0 Å². The van der Waals surface area contributed by atoms with Crippen molar-refractivity contribution in [3.8, 4) is 0 Å². The second kappa shape index (κ2) is 6.68. The van der Waals surface area contributed by atoms with Gasteiger partial charge in [0.1, 0.15) is 5.01 Å². The minimum atomic E-state index is 0.310. The average Bonchev–Trinajstić information content (AvgIpc) is 3.13. The maximum absolute atomic E-state index is 5.52. The fourth-order valence-electron chi connectivity index (χ4n) is 2.66. The summed E-state index contributed by atoms with van der Waals surface area (Å²) in [5.74, 6) is 0. The van der Waals surface area contributed by atoms with Gasteiger partial charge in [-0.25, -0.2) is 4.98 Å². The lowest BCUT2D eigenvalue weighted by molar-refractivity contribution is 0.202. The van der Waals surface area contributed by atoms with E-state index in [-0.39, 0.29) is 0 Å². The van der Waals surface area contributed by atoms with Gasteiger partial charge in [-0.3, -0.25) is 0 Å². The third-order valence-electron chi connectivity index (χ3n) is 3.69. The van der Waals surface area contributed by atoms with Crippen LogP contribution >= 0.6 is 23.6 Å². The molecule has 1 aromatic heterocycles. The van der Waals surface area contributed by atoms with E-state index < -0.39 is 0 Å². The number of nitrogens with zero attached hydrogens (tertiary/aromatic N) is 2. The molecule has 1 N–H and O–H groups in total. The van der Waals surface area contributed by atoms with Gasteiger partial charge < -0.3 is 15.0 Å². The minimum absolute atomic E-state index is 0.310. The number of hydrogen-bond donors (Lipinski definition) is 1. The molecule has 1 fully saturated rings. The maximum atomic E-state index is 5.52. The predicted octanol–water partition coefficient (Wildman–Crippen LogP) is 2.95. The number of fused-ring (bicyclic) bond motifs is 1. The molecule has 6 heteroatoms. The number of para-hydroxylation sites is 1. The van der Waals surface area contributed by atoms with Crippen LogP contribution in [0.25, 0.3) is 10.2 Å². The highest BCUT2D eigenvalue weighted by Crippen LogP contribution is 2.36. The van der Waals surface area contributed by atoms with Gasteiger partial charge in [-0.05, 0) is 37.2 Å². The molecule has 1 aliphatic heterocycles. The summed E-state index contributed by atoms with van der Waals surface area (Å²) in [4.78, 5) is 7.06. The number of rotatable bonds is 4. The van der Waals surface area contributed by atoms with Gasteiger partial charge >= 0.3 is 0 Å². The van der Waals surface area contributed by atoms with Crippen LogP contribution in [0.1, 0.15) is 23.9 Å². The summed E-state index contributed by atoms with van der Waals surface area (Å²) >= 11 is 7.30. The molecule has 0 aliphatic carbocycles. The zero-order valence-corrected chi connectivity index (χ0v) is 13.7. The van der Waals surface area contributed by atoms with Crippen molar-refractivity contribution in [1.82, 2.24) is 15.2 Å². The minimum Gasteiger partial charge on any atom is -0.383 e. The van der Waals surface area contributed by atoms with Crippen LogP contribution in [0.15, 0.2) is 24.3 Å². The van der Waals surface area contributed by atoms with E-state index >= 15 is 0 Å². The molecule has 0 bridgehead atoms. The van der Waals surface area contributed by atoms with E-state index in [1.165, 1.54) is 9.71 Å². The Labute approximate surface area is 134 Å². The Morgan fingerprint density at radius 3 is 3.19 bits per heavy atom. The summed E-state index contributed by atoms with van der Waals surface area (Å²) in [6, 6.07) is 8.61. The molecule has 0 saturated carbocycles.